The van der Waals surface area contributed by atoms with Crippen molar-refractivity contribution in [1.82, 2.24) is 0 Å². The van der Waals surface area contributed by atoms with E-state index in [0.29, 0.717) is 5.92 Å². The van der Waals surface area contributed by atoms with E-state index in [1.54, 1.807) is 0 Å². The molecule has 2 atom stereocenters. The van der Waals surface area contributed by atoms with Gasteiger partial charge in [-0.2, -0.15) is 0 Å². The van der Waals surface area contributed by atoms with Crippen molar-refractivity contribution in [2.24, 2.45) is 11.1 Å². The van der Waals surface area contributed by atoms with Crippen LogP contribution in [-0.2, 0) is 9.57 Å². The first-order valence-electron chi connectivity index (χ1n) is 2.70. The van der Waals surface area contributed by atoms with E-state index in [0.717, 1.165) is 13.0 Å². The van der Waals surface area contributed by atoms with E-state index in [4.69, 9.17) is 9.57 Å². The summed E-state index contributed by atoms with van der Waals surface area (Å²) in [6.45, 7) is 0.790. The molecule has 2 rings (SSSR count). The number of hydrogen-bond acceptors (Lipinski definition) is 3. The first-order valence-corrected chi connectivity index (χ1v) is 2.70. The van der Waals surface area contributed by atoms with Crippen LogP contribution in [0.4, 0.5) is 0 Å². The minimum Gasteiger partial charge on any atom is -0.363 e. The molecule has 0 aliphatic carbocycles. The highest BCUT2D eigenvalue weighted by Crippen LogP contribution is 2.23. The normalized spacial score (nSPS) is 42.0. The molecule has 0 aromatic heterocycles. The highest BCUT2D eigenvalue weighted by molar-refractivity contribution is 5.62. The van der Waals surface area contributed by atoms with E-state index in [1.165, 1.54) is 0 Å². The fraction of sp³-hybridized carbons (Fsp3) is 0.800. The average Bonchev–Trinajstić information content (AvgIpc) is 2.15. The largest absolute Gasteiger partial charge is 0.363 e. The highest BCUT2D eigenvalue weighted by atomic mass is 16.8. The van der Waals surface area contributed by atoms with Crippen molar-refractivity contribution < 1.29 is 9.57 Å². The Balaban J connectivity index is 2.13. The lowest BCUT2D eigenvalue weighted by Crippen LogP contribution is -2.11. The van der Waals surface area contributed by atoms with Crippen LogP contribution in [0.5, 0.6) is 0 Å². The molecule has 0 aromatic carbocycles. The van der Waals surface area contributed by atoms with Gasteiger partial charge in [-0.05, 0) is 6.42 Å². The lowest BCUT2D eigenvalue weighted by atomic mass is 10.1. The predicted octanol–water partition coefficient (Wildman–Crippen LogP) is 0.242. The molecule has 0 N–H and O–H groups in total. The quantitative estimate of drug-likeness (QED) is 0.449. The van der Waals surface area contributed by atoms with E-state index in [2.05, 4.69) is 11.4 Å². The number of ether oxygens (including phenoxy) is 1. The van der Waals surface area contributed by atoms with Gasteiger partial charge in [-0.1, -0.05) is 5.16 Å². The summed E-state index contributed by atoms with van der Waals surface area (Å²) in [6, 6.07) is 0. The highest BCUT2D eigenvalue weighted by Gasteiger charge is 2.33. The molecule has 0 aromatic rings. The van der Waals surface area contributed by atoms with Gasteiger partial charge in [0.05, 0.1) is 12.5 Å². The van der Waals surface area contributed by atoms with Gasteiger partial charge in [-0.25, -0.2) is 0 Å². The zero-order valence-corrected chi connectivity index (χ0v) is 4.33. The first-order chi connectivity index (χ1) is 3.97. The van der Waals surface area contributed by atoms with Gasteiger partial charge >= 0.3 is 0 Å². The van der Waals surface area contributed by atoms with Gasteiger partial charge in [0.25, 0.3) is 0 Å². The summed E-state index contributed by atoms with van der Waals surface area (Å²) < 4.78 is 5.10. The summed E-state index contributed by atoms with van der Waals surface area (Å²) >= 11 is 0. The van der Waals surface area contributed by atoms with Crippen LogP contribution >= 0.6 is 0 Å². The van der Waals surface area contributed by atoms with E-state index < -0.39 is 0 Å². The maximum atomic E-state index is 5.10. The van der Waals surface area contributed by atoms with Crippen LogP contribution < -0.4 is 0 Å². The Labute approximate surface area is 47.3 Å². The minimum atomic E-state index is -0.102. The topological polar surface area (TPSA) is 30.8 Å². The molecular weight excluding hydrogens is 106 g/mol. The molecule has 1 radical (unpaired) electrons. The second kappa shape index (κ2) is 1.45. The molecule has 2 heterocycles. The van der Waals surface area contributed by atoms with Gasteiger partial charge in [0.15, 0.2) is 0 Å². The Morgan fingerprint density at radius 3 is 3.50 bits per heavy atom. The Kier molecular flexibility index (Phi) is 0.784. The number of nitrogens with zero attached hydrogens (tertiary/aromatic N) is 1. The summed E-state index contributed by atoms with van der Waals surface area (Å²) in [5.74, 6) is 0.315. The predicted molar refractivity (Wildman–Crippen MR) is 26.4 cm³/mol. The molecule has 2 aliphatic heterocycles. The number of rotatable bonds is 0. The Hall–Kier alpha value is -0.570. The monoisotopic (exact) mass is 112 g/mol. The number of hydrogen-bond donors (Lipinski definition) is 0. The van der Waals surface area contributed by atoms with Gasteiger partial charge in [0.2, 0.25) is 6.29 Å². The fourth-order valence-corrected chi connectivity index (χ4v) is 0.943. The van der Waals surface area contributed by atoms with Crippen LogP contribution in [-0.4, -0.2) is 19.1 Å². The third-order valence-corrected chi connectivity index (χ3v) is 1.41. The molecule has 1 saturated heterocycles. The zero-order chi connectivity index (χ0) is 5.40. The summed E-state index contributed by atoms with van der Waals surface area (Å²) in [6.07, 6.45) is 3.70. The summed E-state index contributed by atoms with van der Waals surface area (Å²) in [5, 5.41) is 3.49. The molecular formula is C5H6NO2. The van der Waals surface area contributed by atoms with Crippen molar-refractivity contribution in [2.75, 3.05) is 6.61 Å². The van der Waals surface area contributed by atoms with Crippen molar-refractivity contribution >= 4 is 6.21 Å². The molecule has 1 fully saturated rings. The Morgan fingerprint density at radius 2 is 2.62 bits per heavy atom. The van der Waals surface area contributed by atoms with Crippen LogP contribution in [0.1, 0.15) is 6.42 Å². The van der Waals surface area contributed by atoms with Crippen LogP contribution in [0.15, 0.2) is 5.16 Å². The van der Waals surface area contributed by atoms with Gasteiger partial charge in [0.1, 0.15) is 6.21 Å². The summed E-state index contributed by atoms with van der Waals surface area (Å²) in [7, 11) is 0. The third kappa shape index (κ3) is 0.448. The number of fused-ring (bicyclic) bond motifs is 1. The summed E-state index contributed by atoms with van der Waals surface area (Å²) in [5.41, 5.74) is 0. The van der Waals surface area contributed by atoms with Crippen molar-refractivity contribution in [1.29, 1.82) is 0 Å². The second-order valence-corrected chi connectivity index (χ2v) is 1.96. The van der Waals surface area contributed by atoms with Crippen LogP contribution in [0.2, 0.25) is 0 Å². The molecule has 3 heteroatoms. The lowest BCUT2D eigenvalue weighted by Gasteiger charge is -2.01. The fourth-order valence-electron chi connectivity index (χ4n) is 0.943. The lowest BCUT2D eigenvalue weighted by molar-refractivity contribution is -0.105. The zero-order valence-electron chi connectivity index (χ0n) is 4.33. The molecule has 2 unspecified atom stereocenters. The van der Waals surface area contributed by atoms with Crippen LogP contribution in [0.3, 0.4) is 0 Å². The van der Waals surface area contributed by atoms with Crippen molar-refractivity contribution in [3.8, 4) is 0 Å². The molecule has 2 aliphatic rings. The maximum Gasteiger partial charge on any atom is 0.235 e. The van der Waals surface area contributed by atoms with Crippen LogP contribution in [0, 0.1) is 5.92 Å². The summed E-state index contributed by atoms with van der Waals surface area (Å²) in [4.78, 5) is 4.77. The van der Waals surface area contributed by atoms with Gasteiger partial charge in [-0.15, -0.1) is 0 Å². The second-order valence-electron chi connectivity index (χ2n) is 1.96. The van der Waals surface area contributed by atoms with Crippen LogP contribution in [0.25, 0.3) is 0 Å². The molecule has 3 nitrogen and oxygen atoms in total. The van der Waals surface area contributed by atoms with E-state index in [1.807, 2.05) is 0 Å². The van der Waals surface area contributed by atoms with Gasteiger partial charge in [-0.3, -0.25) is 0 Å². The van der Waals surface area contributed by atoms with Crippen molar-refractivity contribution in [2.45, 2.75) is 12.7 Å². The molecule has 0 bridgehead atoms. The molecule has 0 spiro atoms. The maximum absolute atomic E-state index is 5.10. The molecule has 8 heavy (non-hydrogen) atoms. The first kappa shape index (κ1) is 4.32. The van der Waals surface area contributed by atoms with Gasteiger partial charge < -0.3 is 9.57 Å². The molecule has 0 amide bonds. The minimum absolute atomic E-state index is 0.102. The third-order valence-electron chi connectivity index (χ3n) is 1.41. The van der Waals surface area contributed by atoms with E-state index in [9.17, 15) is 0 Å². The van der Waals surface area contributed by atoms with Gasteiger partial charge in [0, 0.05) is 0 Å². The SMILES string of the molecule is [C]1=NOC2OCCC12. The average molecular weight is 112 g/mol. The van der Waals surface area contributed by atoms with E-state index in [-0.39, 0.29) is 6.29 Å². The Morgan fingerprint density at radius 1 is 1.62 bits per heavy atom. The standard InChI is InChI=1S/C5H6NO2/c1-2-7-5-4(1)3-6-8-5/h4-5H,1-2H2. The molecule has 0 saturated carbocycles. The molecule has 43 valence electrons. The van der Waals surface area contributed by atoms with Crippen molar-refractivity contribution in [3.63, 3.8) is 0 Å². The van der Waals surface area contributed by atoms with E-state index >= 15 is 0 Å². The smallest absolute Gasteiger partial charge is 0.235 e. The van der Waals surface area contributed by atoms with Crippen molar-refractivity contribution in [3.05, 3.63) is 0 Å². The Bertz CT molecular complexity index is 124.